The van der Waals surface area contributed by atoms with E-state index in [-0.39, 0.29) is 22.5 Å². The van der Waals surface area contributed by atoms with Crippen molar-refractivity contribution in [2.45, 2.75) is 25.0 Å². The van der Waals surface area contributed by atoms with Gasteiger partial charge in [-0.2, -0.15) is 5.10 Å². The Labute approximate surface area is 91.9 Å². The number of rotatable bonds is 3. The quantitative estimate of drug-likeness (QED) is 0.169. The van der Waals surface area contributed by atoms with Crippen LogP contribution in [0.5, 0.6) is 0 Å². The molecule has 0 bridgehead atoms. The third kappa shape index (κ3) is 4.89. The molecule has 1 fully saturated rings. The average Bonchev–Trinajstić information content (AvgIpc) is 2.43. The summed E-state index contributed by atoms with van der Waals surface area (Å²) in [5.74, 6) is 3.23. The number of hydrazone groups is 1. The van der Waals surface area contributed by atoms with Crippen LogP contribution in [0, 0.1) is 5.92 Å². The third-order valence-electron chi connectivity index (χ3n) is 2.23. The lowest BCUT2D eigenvalue weighted by atomic mass is 10.1. The lowest BCUT2D eigenvalue weighted by Crippen LogP contribution is -2.26. The highest BCUT2D eigenvalue weighted by atomic mass is 16.4. The molecule has 98 valence electrons. The van der Waals surface area contributed by atoms with Crippen molar-refractivity contribution in [2.75, 3.05) is 0 Å². The van der Waals surface area contributed by atoms with Gasteiger partial charge < -0.3 is 37.8 Å². The second kappa shape index (κ2) is 8.85. The summed E-state index contributed by atoms with van der Waals surface area (Å²) >= 11 is 0. The van der Waals surface area contributed by atoms with Gasteiger partial charge >= 0.3 is 5.97 Å². The molecule has 1 aliphatic carbocycles. The van der Waals surface area contributed by atoms with Crippen LogP contribution in [0.2, 0.25) is 0 Å². The first-order valence-corrected chi connectivity index (χ1v) is 4.03. The molecule has 0 spiro atoms. The van der Waals surface area contributed by atoms with E-state index >= 15 is 0 Å². The van der Waals surface area contributed by atoms with E-state index in [1.807, 2.05) is 0 Å². The zero-order valence-corrected chi connectivity index (χ0v) is 8.55. The number of aliphatic hydroxyl groups excluding tert-OH is 1. The van der Waals surface area contributed by atoms with Crippen LogP contribution in [-0.2, 0) is 4.79 Å². The Morgan fingerprint density at radius 2 is 1.94 bits per heavy atom. The number of nitrogens with two attached hydrogens (primary N) is 1. The van der Waals surface area contributed by atoms with Crippen LogP contribution in [0.3, 0.4) is 0 Å². The van der Waals surface area contributed by atoms with Crippen LogP contribution in [0.25, 0.3) is 0 Å². The molecule has 11 N–H and O–H groups in total. The molecule has 0 aromatic heterocycles. The van der Waals surface area contributed by atoms with Gasteiger partial charge in [-0.25, -0.2) is 0 Å². The highest BCUT2D eigenvalue weighted by Gasteiger charge is 2.37. The van der Waals surface area contributed by atoms with Crippen molar-refractivity contribution in [3.8, 4) is 0 Å². The summed E-state index contributed by atoms with van der Waals surface area (Å²) in [6.45, 7) is 0. The van der Waals surface area contributed by atoms with Crippen LogP contribution in [0.1, 0.15) is 12.8 Å². The zero-order valence-electron chi connectivity index (χ0n) is 8.55. The predicted molar refractivity (Wildman–Crippen MR) is 56.8 cm³/mol. The minimum absolute atomic E-state index is 0. The first kappa shape index (κ1) is 20.1. The van der Waals surface area contributed by atoms with Gasteiger partial charge in [-0.15, -0.1) is 0 Å². The molecule has 16 heavy (non-hydrogen) atoms. The third-order valence-corrected chi connectivity index (χ3v) is 2.23. The van der Waals surface area contributed by atoms with Crippen LogP contribution in [-0.4, -0.2) is 51.1 Å². The maximum Gasteiger partial charge on any atom is 0.309 e. The molecule has 9 nitrogen and oxygen atoms in total. The predicted octanol–water partition coefficient (Wildman–Crippen LogP) is -3.77. The normalized spacial score (nSPS) is 27.4. The van der Waals surface area contributed by atoms with E-state index in [1.165, 1.54) is 6.34 Å². The van der Waals surface area contributed by atoms with Crippen LogP contribution < -0.4 is 11.2 Å². The number of hydrogen-bond donors (Lipinski definition) is 4. The SMILES string of the molecule is NN=CNC1CC(O)C(C(=O)O)C1.O.O.O. The van der Waals surface area contributed by atoms with Crippen molar-refractivity contribution >= 4 is 12.3 Å². The monoisotopic (exact) mass is 241 g/mol. The Hall–Kier alpha value is -1.42. The molecule has 3 atom stereocenters. The van der Waals surface area contributed by atoms with Gasteiger partial charge in [0.2, 0.25) is 0 Å². The van der Waals surface area contributed by atoms with Gasteiger partial charge in [0.1, 0.15) is 6.34 Å². The Kier molecular flexibility index (Phi) is 11.1. The molecule has 0 amide bonds. The zero-order chi connectivity index (χ0) is 9.84. The fourth-order valence-corrected chi connectivity index (χ4v) is 1.57. The fourth-order valence-electron chi connectivity index (χ4n) is 1.57. The molecule has 0 heterocycles. The van der Waals surface area contributed by atoms with Gasteiger partial charge in [-0.3, -0.25) is 4.79 Å². The number of aliphatic hydroxyl groups is 1. The topological polar surface area (TPSA) is 202 Å². The van der Waals surface area contributed by atoms with Crippen molar-refractivity contribution in [1.82, 2.24) is 5.32 Å². The van der Waals surface area contributed by atoms with E-state index in [2.05, 4.69) is 10.4 Å². The number of nitrogens with one attached hydrogen (secondary N) is 1. The van der Waals surface area contributed by atoms with E-state index in [1.54, 1.807) is 0 Å². The van der Waals surface area contributed by atoms with Crippen molar-refractivity contribution in [1.29, 1.82) is 0 Å². The van der Waals surface area contributed by atoms with Gasteiger partial charge in [0.15, 0.2) is 0 Å². The smallest absolute Gasteiger partial charge is 0.309 e. The highest BCUT2D eigenvalue weighted by Crippen LogP contribution is 2.25. The van der Waals surface area contributed by atoms with E-state index < -0.39 is 18.0 Å². The minimum atomic E-state index is -0.957. The Morgan fingerprint density at radius 3 is 2.31 bits per heavy atom. The van der Waals surface area contributed by atoms with Gasteiger partial charge in [0.05, 0.1) is 12.0 Å². The molecule has 3 unspecified atom stereocenters. The molecule has 1 rings (SSSR count). The first-order valence-electron chi connectivity index (χ1n) is 4.03. The van der Waals surface area contributed by atoms with Crippen molar-refractivity contribution < 1.29 is 31.4 Å². The molecule has 1 saturated carbocycles. The van der Waals surface area contributed by atoms with E-state index in [4.69, 9.17) is 10.9 Å². The summed E-state index contributed by atoms with van der Waals surface area (Å²) < 4.78 is 0. The molecule has 0 aromatic rings. The summed E-state index contributed by atoms with van der Waals surface area (Å²) in [6, 6.07) is -0.0524. The molecule has 9 heteroatoms. The number of hydrogen-bond acceptors (Lipinski definition) is 4. The molecule has 1 aliphatic rings. The fraction of sp³-hybridized carbons (Fsp3) is 0.714. The summed E-state index contributed by atoms with van der Waals surface area (Å²) in [7, 11) is 0. The number of carboxylic acids is 1. The van der Waals surface area contributed by atoms with Crippen molar-refractivity contribution in [3.05, 3.63) is 0 Å². The largest absolute Gasteiger partial charge is 0.481 e. The maximum atomic E-state index is 10.6. The van der Waals surface area contributed by atoms with Gasteiger partial charge in [0.25, 0.3) is 0 Å². The average molecular weight is 241 g/mol. The number of aliphatic carboxylic acids is 1. The van der Waals surface area contributed by atoms with Crippen LogP contribution >= 0.6 is 0 Å². The van der Waals surface area contributed by atoms with Crippen LogP contribution in [0.4, 0.5) is 0 Å². The number of carboxylic acid groups (broad SMARTS) is 1. The highest BCUT2D eigenvalue weighted by molar-refractivity contribution is 5.71. The number of carbonyl (C=O) groups is 1. The Bertz CT molecular complexity index is 224. The second-order valence-corrected chi connectivity index (χ2v) is 3.13. The molecule has 0 aliphatic heterocycles. The van der Waals surface area contributed by atoms with Crippen molar-refractivity contribution in [3.63, 3.8) is 0 Å². The second-order valence-electron chi connectivity index (χ2n) is 3.13. The summed E-state index contributed by atoms with van der Waals surface area (Å²) in [5.41, 5.74) is 0. The van der Waals surface area contributed by atoms with E-state index in [9.17, 15) is 9.90 Å². The standard InChI is InChI=1S/C7H13N3O3.3H2O/c8-10-3-9-4-1-5(7(12)13)6(11)2-4;;;/h3-6,11H,1-2,8H2,(H,9,10)(H,12,13);3*1H2. The molecule has 0 aromatic carbocycles. The Balaban J connectivity index is -0.000000563. The molecule has 0 saturated heterocycles. The maximum absolute atomic E-state index is 10.6. The van der Waals surface area contributed by atoms with Gasteiger partial charge in [0, 0.05) is 6.04 Å². The van der Waals surface area contributed by atoms with Gasteiger partial charge in [-0.1, -0.05) is 0 Å². The summed E-state index contributed by atoms with van der Waals surface area (Å²) in [5, 5.41) is 24.0. The lowest BCUT2D eigenvalue weighted by molar-refractivity contribution is -0.144. The summed E-state index contributed by atoms with van der Waals surface area (Å²) in [4.78, 5) is 10.6. The van der Waals surface area contributed by atoms with Crippen molar-refractivity contribution in [2.24, 2.45) is 16.9 Å². The van der Waals surface area contributed by atoms with E-state index in [0.29, 0.717) is 12.8 Å². The minimum Gasteiger partial charge on any atom is -0.481 e. The van der Waals surface area contributed by atoms with Crippen LogP contribution in [0.15, 0.2) is 5.10 Å². The van der Waals surface area contributed by atoms with Gasteiger partial charge in [-0.05, 0) is 12.8 Å². The molecular formula is C7H19N3O6. The first-order chi connectivity index (χ1) is 6.15. The molecule has 0 radical (unpaired) electrons. The summed E-state index contributed by atoms with van der Waals surface area (Å²) in [6.07, 6.45) is 1.36. The lowest BCUT2D eigenvalue weighted by Gasteiger charge is -2.07. The molecular weight excluding hydrogens is 222 g/mol. The van der Waals surface area contributed by atoms with E-state index in [0.717, 1.165) is 0 Å². The number of nitrogens with zero attached hydrogens (tertiary/aromatic N) is 1. The Morgan fingerprint density at radius 1 is 1.38 bits per heavy atom.